The molecule has 4 aliphatic heterocycles. The lowest BCUT2D eigenvalue weighted by atomic mass is 9.69. The summed E-state index contributed by atoms with van der Waals surface area (Å²) in [6.07, 6.45) is 12.2. The van der Waals surface area contributed by atoms with Crippen LogP contribution in [0.3, 0.4) is 0 Å². The van der Waals surface area contributed by atoms with Crippen molar-refractivity contribution in [2.24, 2.45) is 53.3 Å². The molecule has 2 aromatic carbocycles. The molecule has 334 valence electrons. The molecule has 14 atom stereocenters. The minimum Gasteiger partial charge on any atom is -0.459 e. The molecule has 0 radical (unpaired) electrons. The lowest BCUT2D eigenvalue weighted by molar-refractivity contribution is -0.264. The number of carbonyl (C=O) groups is 3. The fraction of sp³-hybridized carbons (Fsp3) is 0.642. The second-order valence-electron chi connectivity index (χ2n) is 20.1. The molecule has 61 heavy (non-hydrogen) atoms. The molecule has 2 aromatic rings. The van der Waals surface area contributed by atoms with Gasteiger partial charge in [-0.15, -0.1) is 0 Å². The Hall–Kier alpha value is -3.75. The van der Waals surface area contributed by atoms with Crippen molar-refractivity contribution in [1.29, 1.82) is 0 Å². The highest BCUT2D eigenvalue weighted by Crippen LogP contribution is 2.65. The van der Waals surface area contributed by atoms with Crippen molar-refractivity contribution in [3.05, 3.63) is 83.9 Å². The van der Waals surface area contributed by atoms with E-state index in [1.165, 1.54) is 18.9 Å². The summed E-state index contributed by atoms with van der Waals surface area (Å²) in [6.45, 7) is 21.8. The number of hydrogen-bond donors (Lipinski definition) is 0. The first-order valence-electron chi connectivity index (χ1n) is 23.0. The van der Waals surface area contributed by atoms with E-state index in [0.717, 1.165) is 30.4 Å². The van der Waals surface area contributed by atoms with Crippen LogP contribution in [0.5, 0.6) is 0 Å². The molecule has 0 N–H and O–H groups in total. The van der Waals surface area contributed by atoms with Gasteiger partial charge in [0.25, 0.3) is 0 Å². The summed E-state index contributed by atoms with van der Waals surface area (Å²) in [4.78, 5) is 38.0. The van der Waals surface area contributed by atoms with Crippen LogP contribution < -0.4 is 0 Å². The number of esters is 3. The molecule has 0 aromatic heterocycles. The third-order valence-electron chi connectivity index (χ3n) is 16.2. The van der Waals surface area contributed by atoms with Gasteiger partial charge < -0.3 is 23.7 Å². The van der Waals surface area contributed by atoms with Gasteiger partial charge in [-0.25, -0.2) is 9.59 Å². The molecule has 2 aliphatic carbocycles. The van der Waals surface area contributed by atoms with Crippen molar-refractivity contribution in [3.8, 4) is 0 Å². The molecule has 0 spiro atoms. The van der Waals surface area contributed by atoms with Crippen LogP contribution in [0.25, 0.3) is 12.2 Å². The summed E-state index contributed by atoms with van der Waals surface area (Å²) in [7, 11) is 0. The molecule has 4 heterocycles. The van der Waals surface area contributed by atoms with Gasteiger partial charge in [-0.1, -0.05) is 123 Å². The Morgan fingerprint density at radius 1 is 0.656 bits per heavy atom. The minimum absolute atomic E-state index is 0. The summed E-state index contributed by atoms with van der Waals surface area (Å²) in [5.41, 5.74) is 0.283. The van der Waals surface area contributed by atoms with E-state index in [9.17, 15) is 14.4 Å². The van der Waals surface area contributed by atoms with E-state index in [1.54, 1.807) is 12.2 Å². The first-order valence-corrected chi connectivity index (χ1v) is 23.0. The van der Waals surface area contributed by atoms with Gasteiger partial charge in [-0.05, 0) is 111 Å². The van der Waals surface area contributed by atoms with E-state index in [1.807, 2.05) is 73.7 Å². The van der Waals surface area contributed by atoms with E-state index >= 15 is 0 Å². The zero-order valence-electron chi connectivity index (χ0n) is 37.7. The second kappa shape index (κ2) is 18.2. The van der Waals surface area contributed by atoms with Crippen molar-refractivity contribution >= 4 is 30.1 Å². The number of carbonyl (C=O) groups excluding carboxylic acids is 3. The molecular weight excluding hydrogens is 765 g/mol. The van der Waals surface area contributed by atoms with Crippen LogP contribution in [-0.4, -0.2) is 58.6 Å². The first kappa shape index (κ1) is 46.7. The molecule has 8 heteroatoms. The molecule has 0 amide bonds. The van der Waals surface area contributed by atoms with Crippen molar-refractivity contribution in [1.82, 2.24) is 0 Å². The van der Waals surface area contributed by atoms with Gasteiger partial charge in [0.2, 0.25) is 0 Å². The summed E-state index contributed by atoms with van der Waals surface area (Å²) in [6, 6.07) is 19.6. The van der Waals surface area contributed by atoms with Crippen LogP contribution >= 0.6 is 0 Å². The molecule has 6 fully saturated rings. The van der Waals surface area contributed by atoms with E-state index in [-0.39, 0.29) is 72.6 Å². The number of ether oxygens (including phenoxy) is 5. The highest BCUT2D eigenvalue weighted by Gasteiger charge is 2.73. The molecule has 4 saturated heterocycles. The van der Waals surface area contributed by atoms with Gasteiger partial charge in [0.1, 0.15) is 35.1 Å². The number of benzene rings is 2. The van der Waals surface area contributed by atoms with Gasteiger partial charge in [-0.2, -0.15) is 0 Å². The predicted molar refractivity (Wildman–Crippen MR) is 241 cm³/mol. The highest BCUT2D eigenvalue weighted by atomic mass is 16.6. The van der Waals surface area contributed by atoms with E-state index in [0.29, 0.717) is 48.3 Å². The first-order chi connectivity index (χ1) is 28.5. The van der Waals surface area contributed by atoms with E-state index in [4.69, 9.17) is 23.7 Å². The molecule has 8 rings (SSSR count). The third-order valence-corrected chi connectivity index (χ3v) is 16.2. The Morgan fingerprint density at radius 3 is 1.52 bits per heavy atom. The number of fused-ring (bicyclic) bond motifs is 8. The quantitative estimate of drug-likeness (QED) is 0.133. The number of rotatable bonds is 10. The Bertz CT molecular complexity index is 1910. The molecule has 2 saturated carbocycles. The number of hydrogen-bond acceptors (Lipinski definition) is 8. The van der Waals surface area contributed by atoms with Crippen LogP contribution in [0.2, 0.25) is 0 Å². The Labute approximate surface area is 366 Å². The van der Waals surface area contributed by atoms with Crippen molar-refractivity contribution < 1.29 is 38.1 Å². The molecule has 8 nitrogen and oxygen atoms in total. The van der Waals surface area contributed by atoms with Crippen LogP contribution in [0.1, 0.15) is 133 Å². The van der Waals surface area contributed by atoms with Gasteiger partial charge in [0.15, 0.2) is 0 Å². The normalized spacial score (nSPS) is 39.3. The van der Waals surface area contributed by atoms with E-state index in [2.05, 4.69) is 62.3 Å². The SMILES string of the molecule is C.CC1CCC2C1C(OC(=O)/C=C/c1ccccc1)C1(C(C)C)CC(C)C2(C)O1.CCC(=O)OC1CC2(C(C)C)OC1(C)C1CCC(C)C1C2OC(=O)/C=C/c1ccccc1. The maximum Gasteiger partial charge on any atom is 0.331 e. The summed E-state index contributed by atoms with van der Waals surface area (Å²) < 4.78 is 32.1. The standard InChI is InChI=1S/C27H36O5.C25H34O3.CH4/c1-6-22(28)30-21-16-27(17(2)3)25(24-18(4)12-14-20(24)26(21,5)32-27)31-23(29)15-13-19-10-8-7-9-11-19;1-16(2)25-15-18(4)24(5,28-25)20-13-11-17(3)22(20)23(25)27-21(26)14-12-19-9-7-6-8-10-19;/h7-11,13,15,17-18,20-21,24-25H,6,12,14,16H2,1-5H3;6-10,12,14,16-18,20,22-23H,11,13,15H2,1-5H3;1H4/b15-13+;14-12+;. The summed E-state index contributed by atoms with van der Waals surface area (Å²) in [5.74, 6) is 2.32. The lowest BCUT2D eigenvalue weighted by Gasteiger charge is -2.53. The van der Waals surface area contributed by atoms with Gasteiger partial charge in [0.05, 0.1) is 5.60 Å². The maximum atomic E-state index is 13.0. The predicted octanol–water partition coefficient (Wildman–Crippen LogP) is 11.3. The second-order valence-corrected chi connectivity index (χ2v) is 20.1. The molecule has 6 aliphatic rings. The monoisotopic (exact) mass is 839 g/mol. The van der Waals surface area contributed by atoms with Crippen molar-refractivity contribution in [3.63, 3.8) is 0 Å². The zero-order valence-corrected chi connectivity index (χ0v) is 37.7. The van der Waals surface area contributed by atoms with Crippen molar-refractivity contribution in [2.75, 3.05) is 0 Å². The minimum atomic E-state index is -0.663. The topological polar surface area (TPSA) is 97.4 Å². The Balaban J connectivity index is 0.000000202. The fourth-order valence-corrected chi connectivity index (χ4v) is 12.7. The molecule has 14 unspecified atom stereocenters. The van der Waals surface area contributed by atoms with Crippen LogP contribution in [-0.2, 0) is 38.1 Å². The largest absolute Gasteiger partial charge is 0.459 e. The zero-order chi connectivity index (χ0) is 43.2. The van der Waals surface area contributed by atoms with Crippen LogP contribution in [0.15, 0.2) is 72.8 Å². The average Bonchev–Trinajstić information content (AvgIpc) is 3.95. The lowest BCUT2D eigenvalue weighted by Crippen LogP contribution is -2.62. The Kier molecular flexibility index (Phi) is 13.9. The third kappa shape index (κ3) is 8.42. The summed E-state index contributed by atoms with van der Waals surface area (Å²) in [5, 5.41) is 0. The molecule has 4 bridgehead atoms. The van der Waals surface area contributed by atoms with Crippen molar-refractivity contribution in [2.45, 2.75) is 162 Å². The maximum absolute atomic E-state index is 13.0. The van der Waals surface area contributed by atoms with Gasteiger partial charge >= 0.3 is 17.9 Å². The summed E-state index contributed by atoms with van der Waals surface area (Å²) >= 11 is 0. The highest BCUT2D eigenvalue weighted by molar-refractivity contribution is 5.88. The van der Waals surface area contributed by atoms with Gasteiger partial charge in [-0.3, -0.25) is 4.79 Å². The smallest absolute Gasteiger partial charge is 0.331 e. The Morgan fingerprint density at radius 2 is 1.08 bits per heavy atom. The van der Waals surface area contributed by atoms with Crippen LogP contribution in [0, 0.1) is 53.3 Å². The average molecular weight is 839 g/mol. The van der Waals surface area contributed by atoms with Crippen LogP contribution in [0.4, 0.5) is 0 Å². The van der Waals surface area contributed by atoms with E-state index < -0.39 is 11.2 Å². The van der Waals surface area contributed by atoms with Gasteiger partial charge in [0, 0.05) is 36.8 Å². The molecular formula is C53H74O8. The fourth-order valence-electron chi connectivity index (χ4n) is 12.7.